The van der Waals surface area contributed by atoms with Gasteiger partial charge in [-0.3, -0.25) is 0 Å². The van der Waals surface area contributed by atoms with E-state index in [1.54, 1.807) is 0 Å². The van der Waals surface area contributed by atoms with E-state index in [0.29, 0.717) is 0 Å². The van der Waals surface area contributed by atoms with Crippen molar-refractivity contribution in [3.63, 3.8) is 0 Å². The predicted octanol–water partition coefficient (Wildman–Crippen LogP) is 17.3. The van der Waals surface area contributed by atoms with Gasteiger partial charge in [0.05, 0.1) is 22.1 Å². The van der Waals surface area contributed by atoms with E-state index in [4.69, 9.17) is 4.42 Å². The van der Waals surface area contributed by atoms with Crippen LogP contribution < -0.4 is 4.90 Å². The minimum Gasteiger partial charge on any atom is -0.453 e. The van der Waals surface area contributed by atoms with Gasteiger partial charge in [0.1, 0.15) is 5.58 Å². The molecular weight excluding hydrogens is 825 g/mol. The molecule has 11 aromatic carbocycles. The maximum absolute atomic E-state index is 7.10. The van der Waals surface area contributed by atoms with Gasteiger partial charge in [-0.1, -0.05) is 194 Å². The molecule has 0 amide bonds. The lowest BCUT2D eigenvalue weighted by Gasteiger charge is -2.35. The molecule has 318 valence electrons. The summed E-state index contributed by atoms with van der Waals surface area (Å²) in [6.45, 7) is 0. The van der Waals surface area contributed by atoms with Crippen LogP contribution in [0.3, 0.4) is 0 Å². The maximum Gasteiger partial charge on any atom is 0.159 e. The van der Waals surface area contributed by atoms with Crippen molar-refractivity contribution in [3.05, 3.63) is 277 Å². The Labute approximate surface area is 394 Å². The lowest BCUT2D eigenvalue weighted by Crippen LogP contribution is -2.28. The van der Waals surface area contributed by atoms with Crippen LogP contribution in [0, 0.1) is 0 Å². The van der Waals surface area contributed by atoms with Crippen molar-refractivity contribution in [1.29, 1.82) is 0 Å². The van der Waals surface area contributed by atoms with Crippen molar-refractivity contribution < 1.29 is 4.42 Å². The Balaban J connectivity index is 0.976. The summed E-state index contributed by atoms with van der Waals surface area (Å²) >= 11 is 0. The number of benzene rings is 11. The van der Waals surface area contributed by atoms with Crippen LogP contribution in [0.5, 0.6) is 0 Å². The lowest BCUT2D eigenvalue weighted by molar-refractivity contribution is 0.673. The average molecular weight is 867 g/mol. The summed E-state index contributed by atoms with van der Waals surface area (Å²) in [6, 6.07) is 93.0. The number of para-hydroxylation sites is 3. The summed E-state index contributed by atoms with van der Waals surface area (Å²) in [7, 11) is 0. The summed E-state index contributed by atoms with van der Waals surface area (Å²) in [5.41, 5.74) is 17.6. The first-order chi connectivity index (χ1) is 33.7. The van der Waals surface area contributed by atoms with Gasteiger partial charge in [-0.15, -0.1) is 0 Å². The van der Waals surface area contributed by atoms with Crippen LogP contribution in [0.4, 0.5) is 17.1 Å². The second kappa shape index (κ2) is 15.1. The van der Waals surface area contributed by atoms with Gasteiger partial charge in [-0.05, 0) is 111 Å². The Kier molecular flexibility index (Phi) is 8.50. The molecular formula is C65H42N2O. The SMILES string of the molecule is c1ccc(C2(c3ccccc3)c3ccccc3-c3ccc(N(c4ccc(-c5cccc(-n6c7ccccc7c7ccccc76)c5)cc4)c4cccc5c4oc4c6ccccc6ccc54)cc32)cc1. The molecule has 0 spiro atoms. The third-order valence-electron chi connectivity index (χ3n) is 14.5. The topological polar surface area (TPSA) is 21.3 Å². The summed E-state index contributed by atoms with van der Waals surface area (Å²) in [5.74, 6) is 0. The quantitative estimate of drug-likeness (QED) is 0.159. The predicted molar refractivity (Wildman–Crippen MR) is 283 cm³/mol. The van der Waals surface area contributed by atoms with E-state index in [-0.39, 0.29) is 0 Å². The molecule has 1 aliphatic rings. The number of rotatable bonds is 7. The van der Waals surface area contributed by atoms with Gasteiger partial charge >= 0.3 is 0 Å². The fraction of sp³-hybridized carbons (Fsp3) is 0.0154. The zero-order valence-corrected chi connectivity index (χ0v) is 37.1. The summed E-state index contributed by atoms with van der Waals surface area (Å²) in [6.07, 6.45) is 0. The molecule has 0 aliphatic heterocycles. The molecule has 3 nitrogen and oxygen atoms in total. The molecule has 0 radical (unpaired) electrons. The minimum atomic E-state index is -0.550. The number of hydrogen-bond acceptors (Lipinski definition) is 2. The number of nitrogens with zero attached hydrogens (tertiary/aromatic N) is 2. The molecule has 68 heavy (non-hydrogen) atoms. The van der Waals surface area contributed by atoms with Crippen LogP contribution >= 0.6 is 0 Å². The van der Waals surface area contributed by atoms with Gasteiger partial charge in [0.25, 0.3) is 0 Å². The van der Waals surface area contributed by atoms with Crippen molar-refractivity contribution in [2.45, 2.75) is 5.41 Å². The van der Waals surface area contributed by atoms with Crippen LogP contribution in [0.2, 0.25) is 0 Å². The highest BCUT2D eigenvalue weighted by molar-refractivity contribution is 6.17. The largest absolute Gasteiger partial charge is 0.453 e. The van der Waals surface area contributed by atoms with Crippen molar-refractivity contribution >= 4 is 71.6 Å². The maximum atomic E-state index is 7.10. The molecule has 0 N–H and O–H groups in total. The summed E-state index contributed by atoms with van der Waals surface area (Å²) in [4.78, 5) is 2.40. The van der Waals surface area contributed by atoms with Crippen LogP contribution in [-0.2, 0) is 5.41 Å². The first kappa shape index (κ1) is 38.4. The zero-order chi connectivity index (χ0) is 44.8. The molecule has 0 saturated heterocycles. The van der Waals surface area contributed by atoms with Gasteiger partial charge in [0.15, 0.2) is 5.58 Å². The Morgan fingerprint density at radius 3 is 1.69 bits per heavy atom. The number of hydrogen-bond donors (Lipinski definition) is 0. The second-order valence-corrected chi connectivity index (χ2v) is 18.0. The standard InChI is InChI=1S/C65H42N2O/c1-3-19-46(20-4-1)65(47-21-5-2-6-22-47)58-29-12-9-25-52(58)53-40-38-50(42-59(53)65)66(62-32-16-28-56-57-39-35-44-17-7-8-24-51(44)63(57)68-64(56)62)48-36-33-43(34-37-48)45-18-15-23-49(41-45)67-60-30-13-10-26-54(60)55-27-11-14-31-61(55)67/h1-42H. The fourth-order valence-corrected chi connectivity index (χ4v) is 11.5. The van der Waals surface area contributed by atoms with E-state index in [2.05, 4.69) is 264 Å². The van der Waals surface area contributed by atoms with Gasteiger partial charge in [-0.2, -0.15) is 0 Å². The molecule has 0 fully saturated rings. The molecule has 2 heterocycles. The summed E-state index contributed by atoms with van der Waals surface area (Å²) < 4.78 is 9.49. The Bertz CT molecular complexity index is 3990. The van der Waals surface area contributed by atoms with Gasteiger partial charge in [0.2, 0.25) is 0 Å². The highest BCUT2D eigenvalue weighted by Gasteiger charge is 2.46. The number of fused-ring (bicyclic) bond motifs is 11. The zero-order valence-electron chi connectivity index (χ0n) is 37.1. The average Bonchev–Trinajstić information content (AvgIpc) is 4.07. The minimum absolute atomic E-state index is 0.550. The number of furan rings is 1. The van der Waals surface area contributed by atoms with Gasteiger partial charge in [0, 0.05) is 44.0 Å². The highest BCUT2D eigenvalue weighted by atomic mass is 16.3. The monoisotopic (exact) mass is 866 g/mol. The Morgan fingerprint density at radius 1 is 0.353 bits per heavy atom. The first-order valence-electron chi connectivity index (χ1n) is 23.4. The Morgan fingerprint density at radius 2 is 0.941 bits per heavy atom. The van der Waals surface area contributed by atoms with Crippen LogP contribution in [0.15, 0.2) is 259 Å². The van der Waals surface area contributed by atoms with E-state index in [0.717, 1.165) is 66.6 Å². The number of aromatic nitrogens is 1. The van der Waals surface area contributed by atoms with E-state index in [1.165, 1.54) is 55.2 Å². The third-order valence-corrected chi connectivity index (χ3v) is 14.5. The Hall–Kier alpha value is -8.92. The lowest BCUT2D eigenvalue weighted by atomic mass is 9.67. The van der Waals surface area contributed by atoms with E-state index >= 15 is 0 Å². The molecule has 1 aliphatic carbocycles. The normalized spacial score (nSPS) is 12.8. The molecule has 0 bridgehead atoms. The molecule has 14 rings (SSSR count). The number of anilines is 3. The molecule has 13 aromatic rings. The van der Waals surface area contributed by atoms with Crippen molar-refractivity contribution in [2.75, 3.05) is 4.90 Å². The smallest absolute Gasteiger partial charge is 0.159 e. The van der Waals surface area contributed by atoms with E-state index < -0.39 is 5.41 Å². The van der Waals surface area contributed by atoms with E-state index in [9.17, 15) is 0 Å². The van der Waals surface area contributed by atoms with Crippen molar-refractivity contribution in [1.82, 2.24) is 4.57 Å². The summed E-state index contributed by atoms with van der Waals surface area (Å²) in [5, 5.41) is 6.97. The van der Waals surface area contributed by atoms with Crippen molar-refractivity contribution in [2.24, 2.45) is 0 Å². The highest BCUT2D eigenvalue weighted by Crippen LogP contribution is 2.57. The van der Waals surface area contributed by atoms with Gasteiger partial charge < -0.3 is 13.9 Å². The second-order valence-electron chi connectivity index (χ2n) is 18.0. The molecule has 0 saturated carbocycles. The van der Waals surface area contributed by atoms with Crippen LogP contribution in [0.25, 0.3) is 82.5 Å². The van der Waals surface area contributed by atoms with E-state index in [1.807, 2.05) is 0 Å². The molecule has 2 aromatic heterocycles. The molecule has 0 atom stereocenters. The van der Waals surface area contributed by atoms with Crippen LogP contribution in [-0.4, -0.2) is 4.57 Å². The van der Waals surface area contributed by atoms with Crippen LogP contribution in [0.1, 0.15) is 22.3 Å². The first-order valence-corrected chi connectivity index (χ1v) is 23.4. The van der Waals surface area contributed by atoms with Crippen molar-refractivity contribution in [3.8, 4) is 27.9 Å². The van der Waals surface area contributed by atoms with Gasteiger partial charge in [-0.25, -0.2) is 0 Å². The third kappa shape index (κ3) is 5.60. The molecule has 3 heteroatoms. The fourth-order valence-electron chi connectivity index (χ4n) is 11.5. The molecule has 0 unspecified atom stereocenters.